The van der Waals surface area contributed by atoms with Gasteiger partial charge >= 0.3 is 0 Å². The Morgan fingerprint density at radius 3 is 2.53 bits per heavy atom. The Morgan fingerprint density at radius 2 is 1.91 bits per heavy atom. The van der Waals surface area contributed by atoms with Crippen LogP contribution in [-0.2, 0) is 20.9 Å². The molecule has 2 aliphatic rings. The highest BCUT2D eigenvalue weighted by atomic mass is 19.1. The van der Waals surface area contributed by atoms with Crippen LogP contribution < -0.4 is 10.6 Å². The number of nitrogens with zero attached hydrogens (tertiary/aromatic N) is 1. The molecule has 7 nitrogen and oxygen atoms in total. The van der Waals surface area contributed by atoms with Crippen LogP contribution in [0.5, 0.6) is 0 Å². The van der Waals surface area contributed by atoms with Gasteiger partial charge in [-0.2, -0.15) is 0 Å². The molecule has 2 atom stereocenters. The Balaban J connectivity index is 1.95. The van der Waals surface area contributed by atoms with Crippen molar-refractivity contribution < 1.29 is 23.9 Å². The number of likely N-dealkylation sites (tertiary alicyclic amines) is 1. The number of carbonyl (C=O) groups is 3. The zero-order valence-electron chi connectivity index (χ0n) is 20.1. The van der Waals surface area contributed by atoms with Gasteiger partial charge in [0.2, 0.25) is 0 Å². The molecule has 0 aromatic heterocycles. The number of allylic oxidation sites excluding steroid dienone is 1. The number of benzene rings is 1. The topological polar surface area (TPSA) is 98.7 Å². The van der Waals surface area contributed by atoms with Gasteiger partial charge in [-0.15, -0.1) is 0 Å². The Bertz CT molecular complexity index is 1000. The van der Waals surface area contributed by atoms with E-state index in [4.69, 9.17) is 0 Å². The molecule has 1 aromatic rings. The number of aliphatic hydroxyl groups excluding tert-OH is 1. The highest BCUT2D eigenvalue weighted by Gasteiger charge is 2.46. The summed E-state index contributed by atoms with van der Waals surface area (Å²) in [5, 5.41) is 16.9. The fourth-order valence-corrected chi connectivity index (χ4v) is 4.70. The lowest BCUT2D eigenvalue weighted by molar-refractivity contribution is -0.129. The van der Waals surface area contributed by atoms with E-state index in [-0.39, 0.29) is 41.7 Å². The molecule has 3 N–H and O–H groups in total. The molecule has 1 aromatic carbocycles. The smallest absolute Gasteiger partial charge is 0.269 e. The number of hydrogen-bond donors (Lipinski definition) is 3. The summed E-state index contributed by atoms with van der Waals surface area (Å²) in [6.45, 7) is 6.75. The van der Waals surface area contributed by atoms with Crippen molar-refractivity contribution in [3.05, 3.63) is 58.2 Å². The number of carbonyl (C=O) groups excluding carboxylic acids is 3. The number of aliphatic hydroxyl groups is 1. The summed E-state index contributed by atoms with van der Waals surface area (Å²) in [4.78, 5) is 39.4. The van der Waals surface area contributed by atoms with Crippen molar-refractivity contribution in [3.63, 3.8) is 0 Å². The van der Waals surface area contributed by atoms with E-state index in [0.717, 1.165) is 37.7 Å². The number of rotatable bonds is 9. The number of unbranched alkanes of at least 4 members (excludes halogenated alkanes) is 2. The molecule has 2 heterocycles. The van der Waals surface area contributed by atoms with E-state index in [9.17, 15) is 23.9 Å². The fraction of sp³-hybridized carbons (Fsp3) is 0.500. The van der Waals surface area contributed by atoms with Crippen LogP contribution in [0.4, 0.5) is 4.39 Å². The van der Waals surface area contributed by atoms with Crippen LogP contribution in [0.15, 0.2) is 46.9 Å². The summed E-state index contributed by atoms with van der Waals surface area (Å²) in [5.74, 6) is -1.81. The second kappa shape index (κ2) is 10.8. The third-order valence-electron chi connectivity index (χ3n) is 6.93. The fourth-order valence-electron chi connectivity index (χ4n) is 4.70. The van der Waals surface area contributed by atoms with Crippen LogP contribution in [0.1, 0.15) is 64.9 Å². The van der Waals surface area contributed by atoms with Gasteiger partial charge in [0.05, 0.1) is 5.57 Å². The van der Waals surface area contributed by atoms with Crippen molar-refractivity contribution in [2.45, 2.75) is 71.5 Å². The van der Waals surface area contributed by atoms with Crippen molar-refractivity contribution in [2.24, 2.45) is 5.92 Å². The highest BCUT2D eigenvalue weighted by Crippen LogP contribution is 2.35. The maximum atomic E-state index is 13.3. The van der Waals surface area contributed by atoms with E-state index in [1.165, 1.54) is 17.0 Å². The summed E-state index contributed by atoms with van der Waals surface area (Å²) >= 11 is 0. The van der Waals surface area contributed by atoms with E-state index in [2.05, 4.69) is 31.4 Å². The standard InChI is InChI=1S/C26H34FN3O4/c1-4-6-7-13-26(17(3)5-2)28-23(24(33)29-26)20-12-14-30(25(34)22(20)21(32)16-31)15-18-8-10-19(27)11-9-18/h8-11,16-17,28,32H,4-7,12-15H2,1-3H3,(H,29,33)/b22-21-,23-20-. The third kappa shape index (κ3) is 5.16. The number of nitrogens with one attached hydrogen (secondary N) is 2. The van der Waals surface area contributed by atoms with Crippen molar-refractivity contribution in [1.29, 1.82) is 0 Å². The first-order valence-electron chi connectivity index (χ1n) is 12.0. The molecule has 8 heteroatoms. The number of amides is 2. The van der Waals surface area contributed by atoms with Crippen molar-refractivity contribution in [2.75, 3.05) is 6.54 Å². The Morgan fingerprint density at radius 1 is 1.21 bits per heavy atom. The molecule has 34 heavy (non-hydrogen) atoms. The molecule has 0 aliphatic carbocycles. The van der Waals surface area contributed by atoms with Gasteiger partial charge in [-0.25, -0.2) is 4.39 Å². The SMILES string of the molecule is CCCCCC1(C(C)CC)NC(=O)/C(=C2\CCN(Cc3ccc(F)cc3)C(=O)\C2=C(/O)C=O)N1. The molecule has 0 spiro atoms. The van der Waals surface area contributed by atoms with Gasteiger partial charge in [0.15, 0.2) is 12.0 Å². The lowest BCUT2D eigenvalue weighted by atomic mass is 9.87. The average molecular weight is 472 g/mol. The van der Waals surface area contributed by atoms with Gasteiger partial charge in [0.25, 0.3) is 11.8 Å². The molecule has 184 valence electrons. The maximum absolute atomic E-state index is 13.3. The second-order valence-electron chi connectivity index (χ2n) is 9.15. The van der Waals surface area contributed by atoms with Crippen LogP contribution in [0.25, 0.3) is 0 Å². The molecule has 2 aliphatic heterocycles. The predicted octanol–water partition coefficient (Wildman–Crippen LogP) is 3.87. The molecule has 2 unspecified atom stereocenters. The molecular weight excluding hydrogens is 437 g/mol. The van der Waals surface area contributed by atoms with Crippen LogP contribution >= 0.6 is 0 Å². The number of halogens is 1. The van der Waals surface area contributed by atoms with Crippen LogP contribution in [0.2, 0.25) is 0 Å². The number of piperidine rings is 1. The van der Waals surface area contributed by atoms with Crippen LogP contribution in [0.3, 0.4) is 0 Å². The molecule has 2 amide bonds. The summed E-state index contributed by atoms with van der Waals surface area (Å²) in [6, 6.07) is 5.80. The predicted molar refractivity (Wildman–Crippen MR) is 127 cm³/mol. The first-order chi connectivity index (χ1) is 16.3. The quantitative estimate of drug-likeness (QED) is 0.220. The van der Waals surface area contributed by atoms with Crippen LogP contribution in [-0.4, -0.2) is 40.3 Å². The Hall–Kier alpha value is -3.16. The maximum Gasteiger partial charge on any atom is 0.269 e. The zero-order valence-corrected chi connectivity index (χ0v) is 20.1. The molecule has 0 saturated carbocycles. The number of hydrogen-bond acceptors (Lipinski definition) is 5. The first kappa shape index (κ1) is 25.5. The summed E-state index contributed by atoms with van der Waals surface area (Å²) in [6.07, 6.45) is 5.12. The van der Waals surface area contributed by atoms with Crippen molar-refractivity contribution in [3.8, 4) is 0 Å². The molecule has 0 radical (unpaired) electrons. The highest BCUT2D eigenvalue weighted by molar-refractivity contribution is 6.07. The van der Waals surface area contributed by atoms with E-state index in [1.54, 1.807) is 12.1 Å². The van der Waals surface area contributed by atoms with Gasteiger partial charge in [-0.05, 0) is 54.9 Å². The Kier molecular flexibility index (Phi) is 8.12. The second-order valence-corrected chi connectivity index (χ2v) is 9.15. The summed E-state index contributed by atoms with van der Waals surface area (Å²) in [5.41, 5.74) is 0.520. The molecule has 3 rings (SSSR count). The zero-order chi connectivity index (χ0) is 24.9. The monoisotopic (exact) mass is 471 g/mol. The van der Waals surface area contributed by atoms with Crippen LogP contribution in [0, 0.1) is 11.7 Å². The van der Waals surface area contributed by atoms with E-state index < -0.39 is 17.3 Å². The first-order valence-corrected chi connectivity index (χ1v) is 12.0. The molecule has 0 bridgehead atoms. The van der Waals surface area contributed by atoms with Gasteiger partial charge in [-0.3, -0.25) is 14.4 Å². The van der Waals surface area contributed by atoms with E-state index >= 15 is 0 Å². The largest absolute Gasteiger partial charge is 0.504 e. The van der Waals surface area contributed by atoms with Gasteiger partial charge in [0, 0.05) is 13.1 Å². The van der Waals surface area contributed by atoms with E-state index in [0.29, 0.717) is 18.5 Å². The molecule has 2 fully saturated rings. The van der Waals surface area contributed by atoms with Gasteiger partial charge in [0.1, 0.15) is 17.2 Å². The van der Waals surface area contributed by atoms with Gasteiger partial charge in [-0.1, -0.05) is 45.7 Å². The summed E-state index contributed by atoms with van der Waals surface area (Å²) < 4.78 is 13.2. The number of aldehydes is 1. The third-order valence-corrected chi connectivity index (χ3v) is 6.93. The minimum Gasteiger partial charge on any atom is -0.504 e. The average Bonchev–Trinajstić information content (AvgIpc) is 3.17. The minimum absolute atomic E-state index is 0.132. The summed E-state index contributed by atoms with van der Waals surface area (Å²) in [7, 11) is 0. The normalized spacial score (nSPS) is 25.1. The van der Waals surface area contributed by atoms with Gasteiger partial charge < -0.3 is 20.6 Å². The molecule has 2 saturated heterocycles. The van der Waals surface area contributed by atoms with E-state index in [1.807, 2.05) is 0 Å². The lowest BCUT2D eigenvalue weighted by Crippen LogP contribution is -2.54. The minimum atomic E-state index is -0.696. The lowest BCUT2D eigenvalue weighted by Gasteiger charge is -2.36. The Labute approximate surface area is 200 Å². The molecular formula is C26H34FN3O4. The van der Waals surface area contributed by atoms with Crippen molar-refractivity contribution in [1.82, 2.24) is 15.5 Å². The van der Waals surface area contributed by atoms with Crippen molar-refractivity contribution >= 4 is 18.1 Å².